The zero-order chi connectivity index (χ0) is 22.9. The molecule has 4 rings (SSSR count). The fourth-order valence-electron chi connectivity index (χ4n) is 3.00. The van der Waals surface area contributed by atoms with Gasteiger partial charge in [-0.25, -0.2) is 8.78 Å². The third kappa shape index (κ3) is 4.39. The third-order valence-corrected chi connectivity index (χ3v) is 4.69. The molecule has 0 fully saturated rings. The molecule has 0 atom stereocenters. The summed E-state index contributed by atoms with van der Waals surface area (Å²) in [6, 6.07) is 11.9. The Bertz CT molecular complexity index is 1260. The Labute approximate surface area is 177 Å². The fourth-order valence-corrected chi connectivity index (χ4v) is 3.00. The number of alkyl halides is 3. The number of hydrogen-bond donors (Lipinski definition) is 2. The molecule has 0 aliphatic carbocycles. The molecule has 2 N–H and O–H groups in total. The van der Waals surface area contributed by atoms with Gasteiger partial charge in [0.1, 0.15) is 24.0 Å². The van der Waals surface area contributed by atoms with Gasteiger partial charge in [-0.2, -0.15) is 18.3 Å². The van der Waals surface area contributed by atoms with E-state index in [-0.39, 0.29) is 23.6 Å². The molecule has 32 heavy (non-hydrogen) atoms. The van der Waals surface area contributed by atoms with Gasteiger partial charge in [-0.15, -0.1) is 0 Å². The molecule has 3 aromatic carbocycles. The Morgan fingerprint density at radius 3 is 2.34 bits per heavy atom. The van der Waals surface area contributed by atoms with E-state index in [0.717, 1.165) is 36.4 Å². The van der Waals surface area contributed by atoms with E-state index >= 15 is 0 Å². The number of nitrogens with one attached hydrogen (secondary N) is 2. The SMILES string of the molecule is O=C(Nc1n[nH]c2cc(OCc3c(F)cccc3F)ccc12)c1ccc(C(F)(F)F)cc1. The summed E-state index contributed by atoms with van der Waals surface area (Å²) in [5.41, 5.74) is -0.566. The maximum Gasteiger partial charge on any atom is 0.416 e. The highest BCUT2D eigenvalue weighted by Gasteiger charge is 2.30. The molecule has 164 valence electrons. The van der Waals surface area contributed by atoms with Crippen molar-refractivity contribution in [1.82, 2.24) is 10.2 Å². The number of halogens is 5. The molecule has 5 nitrogen and oxygen atoms in total. The molecule has 1 amide bonds. The van der Waals surface area contributed by atoms with Crippen molar-refractivity contribution in [3.8, 4) is 5.75 Å². The number of carbonyl (C=O) groups is 1. The van der Waals surface area contributed by atoms with Crippen molar-refractivity contribution in [2.24, 2.45) is 0 Å². The van der Waals surface area contributed by atoms with Gasteiger partial charge in [0.05, 0.1) is 16.6 Å². The molecule has 0 aliphatic rings. The predicted molar refractivity (Wildman–Crippen MR) is 106 cm³/mol. The zero-order valence-corrected chi connectivity index (χ0v) is 16.1. The maximum atomic E-state index is 13.7. The first-order chi connectivity index (χ1) is 15.2. The molecular formula is C22H14F5N3O2. The second-order valence-corrected chi connectivity index (χ2v) is 6.80. The van der Waals surface area contributed by atoms with E-state index in [2.05, 4.69) is 15.5 Å². The lowest BCUT2D eigenvalue weighted by Crippen LogP contribution is -2.13. The smallest absolute Gasteiger partial charge is 0.416 e. The van der Waals surface area contributed by atoms with E-state index in [9.17, 15) is 26.7 Å². The summed E-state index contributed by atoms with van der Waals surface area (Å²) in [7, 11) is 0. The van der Waals surface area contributed by atoms with E-state index in [1.807, 2.05) is 0 Å². The summed E-state index contributed by atoms with van der Waals surface area (Å²) in [6.07, 6.45) is -4.49. The summed E-state index contributed by atoms with van der Waals surface area (Å²) in [4.78, 5) is 12.4. The van der Waals surface area contributed by atoms with Crippen LogP contribution in [0.5, 0.6) is 5.75 Å². The minimum atomic E-state index is -4.49. The Morgan fingerprint density at radius 2 is 1.69 bits per heavy atom. The molecule has 1 heterocycles. The number of H-pyrrole nitrogens is 1. The van der Waals surface area contributed by atoms with Crippen LogP contribution in [-0.4, -0.2) is 16.1 Å². The lowest BCUT2D eigenvalue weighted by Gasteiger charge is -2.09. The van der Waals surface area contributed by atoms with Crippen molar-refractivity contribution in [3.05, 3.63) is 89.0 Å². The van der Waals surface area contributed by atoms with Gasteiger partial charge >= 0.3 is 6.18 Å². The molecule has 0 aliphatic heterocycles. The van der Waals surface area contributed by atoms with Crippen LogP contribution in [0.25, 0.3) is 10.9 Å². The third-order valence-electron chi connectivity index (χ3n) is 4.69. The number of hydrogen-bond acceptors (Lipinski definition) is 3. The second-order valence-electron chi connectivity index (χ2n) is 6.80. The number of fused-ring (bicyclic) bond motifs is 1. The van der Waals surface area contributed by atoms with Crippen LogP contribution < -0.4 is 10.1 Å². The summed E-state index contributed by atoms with van der Waals surface area (Å²) in [5, 5.41) is 9.72. The summed E-state index contributed by atoms with van der Waals surface area (Å²) < 4.78 is 70.9. The number of benzene rings is 3. The van der Waals surface area contributed by atoms with Crippen LogP contribution in [0.15, 0.2) is 60.7 Å². The highest BCUT2D eigenvalue weighted by atomic mass is 19.4. The van der Waals surface area contributed by atoms with Gasteiger partial charge < -0.3 is 10.1 Å². The predicted octanol–water partition coefficient (Wildman–Crippen LogP) is 5.69. The minimum Gasteiger partial charge on any atom is -0.489 e. The molecule has 0 saturated carbocycles. The highest BCUT2D eigenvalue weighted by Crippen LogP contribution is 2.30. The largest absolute Gasteiger partial charge is 0.489 e. The number of carbonyl (C=O) groups excluding carboxylic acids is 1. The molecule has 0 bridgehead atoms. The minimum absolute atomic E-state index is 0.0287. The highest BCUT2D eigenvalue weighted by molar-refractivity contribution is 6.07. The molecule has 1 aromatic heterocycles. The number of anilines is 1. The number of aromatic nitrogens is 2. The van der Waals surface area contributed by atoms with Gasteiger partial charge in [0.15, 0.2) is 5.82 Å². The first-order valence-electron chi connectivity index (χ1n) is 9.25. The van der Waals surface area contributed by atoms with Crippen molar-refractivity contribution in [3.63, 3.8) is 0 Å². The zero-order valence-electron chi connectivity index (χ0n) is 16.1. The maximum absolute atomic E-state index is 13.7. The normalized spacial score (nSPS) is 11.5. The number of aromatic amines is 1. The van der Waals surface area contributed by atoms with Crippen molar-refractivity contribution >= 4 is 22.6 Å². The van der Waals surface area contributed by atoms with E-state index < -0.39 is 29.3 Å². The number of rotatable bonds is 5. The lowest BCUT2D eigenvalue weighted by molar-refractivity contribution is -0.137. The van der Waals surface area contributed by atoms with Crippen molar-refractivity contribution in [1.29, 1.82) is 0 Å². The number of amides is 1. The van der Waals surface area contributed by atoms with Crippen LogP contribution in [0.4, 0.5) is 27.8 Å². The van der Waals surface area contributed by atoms with Gasteiger partial charge in [-0.05, 0) is 48.5 Å². The van der Waals surface area contributed by atoms with Gasteiger partial charge in [0, 0.05) is 17.0 Å². The second kappa shape index (κ2) is 8.29. The van der Waals surface area contributed by atoms with Crippen LogP contribution >= 0.6 is 0 Å². The molecule has 0 spiro atoms. The number of nitrogens with zero attached hydrogens (tertiary/aromatic N) is 1. The van der Waals surface area contributed by atoms with Crippen LogP contribution in [0, 0.1) is 11.6 Å². The average molecular weight is 447 g/mol. The summed E-state index contributed by atoms with van der Waals surface area (Å²) in [5.74, 6) is -1.61. The van der Waals surface area contributed by atoms with Crippen LogP contribution in [-0.2, 0) is 12.8 Å². The quantitative estimate of drug-likeness (QED) is 0.386. The van der Waals surface area contributed by atoms with Crippen molar-refractivity contribution < 1.29 is 31.5 Å². The average Bonchev–Trinajstić information content (AvgIpc) is 3.15. The molecule has 10 heteroatoms. The monoisotopic (exact) mass is 447 g/mol. The van der Waals surface area contributed by atoms with E-state index in [4.69, 9.17) is 4.74 Å². The summed E-state index contributed by atoms with van der Waals surface area (Å²) in [6.45, 7) is -0.324. The van der Waals surface area contributed by atoms with Gasteiger partial charge in [-0.3, -0.25) is 9.89 Å². The van der Waals surface area contributed by atoms with E-state index in [1.54, 1.807) is 6.07 Å². The number of ether oxygens (including phenoxy) is 1. The van der Waals surface area contributed by atoms with E-state index in [1.165, 1.54) is 18.2 Å². The van der Waals surface area contributed by atoms with Crippen molar-refractivity contribution in [2.75, 3.05) is 5.32 Å². The first kappa shape index (κ1) is 21.3. The Morgan fingerprint density at radius 1 is 1.00 bits per heavy atom. The fraction of sp³-hybridized carbons (Fsp3) is 0.0909. The van der Waals surface area contributed by atoms with Gasteiger partial charge in [0.2, 0.25) is 0 Å². The van der Waals surface area contributed by atoms with Crippen LogP contribution in [0.3, 0.4) is 0 Å². The molecule has 0 unspecified atom stereocenters. The van der Waals surface area contributed by atoms with Crippen LogP contribution in [0.2, 0.25) is 0 Å². The van der Waals surface area contributed by atoms with E-state index in [0.29, 0.717) is 16.7 Å². The Hall–Kier alpha value is -3.95. The lowest BCUT2D eigenvalue weighted by atomic mass is 10.1. The molecular weight excluding hydrogens is 433 g/mol. The van der Waals surface area contributed by atoms with Crippen molar-refractivity contribution in [2.45, 2.75) is 12.8 Å². The van der Waals surface area contributed by atoms with Gasteiger partial charge in [-0.1, -0.05) is 6.07 Å². The van der Waals surface area contributed by atoms with Crippen LogP contribution in [0.1, 0.15) is 21.5 Å². The molecule has 0 saturated heterocycles. The Balaban J connectivity index is 1.47. The first-order valence-corrected chi connectivity index (χ1v) is 9.25. The molecule has 4 aromatic rings. The summed E-state index contributed by atoms with van der Waals surface area (Å²) >= 11 is 0. The Kier molecular flexibility index (Phi) is 5.52. The molecule has 0 radical (unpaired) electrons. The topological polar surface area (TPSA) is 67.0 Å². The van der Waals surface area contributed by atoms with Gasteiger partial charge in [0.25, 0.3) is 5.91 Å². The standard InChI is InChI=1S/C22H14F5N3O2/c23-17-2-1-3-18(24)16(17)11-32-14-8-9-15-19(10-14)29-30-20(15)28-21(31)12-4-6-13(7-5-12)22(25,26)27/h1-10H,11H2,(H2,28,29,30,31).